The standard InChI is InChI=1S/C36H23N3O2/c1-2-12-30-24(8-1)16-17-25-18-19-28(23-31(25)39(30)34-15-3-4-20-37-34)40-27-10-5-9-26(22-27)29-11-6-13-32-35(29)36-33(41-32)14-7-21-38-36/h1-23H. The largest absolute Gasteiger partial charge is 0.457 e. The fourth-order valence-corrected chi connectivity index (χ4v) is 5.54. The number of benzene rings is 4. The number of pyridine rings is 2. The third kappa shape index (κ3) is 4.03. The van der Waals surface area contributed by atoms with Gasteiger partial charge in [-0.15, -0.1) is 0 Å². The molecule has 0 aliphatic carbocycles. The second-order valence-electron chi connectivity index (χ2n) is 9.90. The first-order valence-electron chi connectivity index (χ1n) is 13.5. The van der Waals surface area contributed by atoms with Crippen molar-refractivity contribution in [3.05, 3.63) is 139 Å². The molecule has 0 amide bonds. The van der Waals surface area contributed by atoms with E-state index in [-0.39, 0.29) is 0 Å². The topological polar surface area (TPSA) is 51.4 Å². The summed E-state index contributed by atoms with van der Waals surface area (Å²) in [5.41, 5.74) is 8.81. The van der Waals surface area contributed by atoms with Gasteiger partial charge in [0.05, 0.1) is 16.8 Å². The number of ether oxygens (including phenoxy) is 1. The van der Waals surface area contributed by atoms with Gasteiger partial charge in [-0.2, -0.15) is 0 Å². The molecule has 1 aliphatic rings. The summed E-state index contributed by atoms with van der Waals surface area (Å²) < 4.78 is 12.6. The van der Waals surface area contributed by atoms with E-state index in [0.29, 0.717) is 0 Å². The molecule has 0 saturated heterocycles. The lowest BCUT2D eigenvalue weighted by Gasteiger charge is -2.26. The molecule has 0 bridgehead atoms. The van der Waals surface area contributed by atoms with Gasteiger partial charge < -0.3 is 9.15 Å². The highest BCUT2D eigenvalue weighted by atomic mass is 16.5. The van der Waals surface area contributed by atoms with Gasteiger partial charge in [-0.3, -0.25) is 9.88 Å². The number of para-hydroxylation sites is 1. The molecule has 0 radical (unpaired) electrons. The number of anilines is 3. The molecule has 3 aromatic heterocycles. The highest BCUT2D eigenvalue weighted by Gasteiger charge is 2.21. The Labute approximate surface area is 236 Å². The van der Waals surface area contributed by atoms with Crippen LogP contribution in [0.2, 0.25) is 0 Å². The van der Waals surface area contributed by atoms with E-state index in [2.05, 4.69) is 81.6 Å². The molecule has 4 heterocycles. The van der Waals surface area contributed by atoms with E-state index in [0.717, 1.165) is 73.0 Å². The minimum Gasteiger partial charge on any atom is -0.457 e. The third-order valence-corrected chi connectivity index (χ3v) is 7.38. The summed E-state index contributed by atoms with van der Waals surface area (Å²) in [6.45, 7) is 0. The molecule has 0 fully saturated rings. The number of hydrogen-bond donors (Lipinski definition) is 0. The summed E-state index contributed by atoms with van der Waals surface area (Å²) in [4.78, 5) is 11.5. The van der Waals surface area contributed by atoms with Crippen molar-refractivity contribution >= 4 is 51.4 Å². The molecule has 0 saturated carbocycles. The summed E-state index contributed by atoms with van der Waals surface area (Å²) in [6, 6.07) is 38.6. The van der Waals surface area contributed by atoms with Gasteiger partial charge in [-0.1, -0.05) is 60.7 Å². The Balaban J connectivity index is 1.20. The zero-order valence-electron chi connectivity index (χ0n) is 21.9. The zero-order chi connectivity index (χ0) is 27.2. The first kappa shape index (κ1) is 23.2. The lowest BCUT2D eigenvalue weighted by molar-refractivity contribution is 0.483. The Morgan fingerprint density at radius 1 is 0.585 bits per heavy atom. The van der Waals surface area contributed by atoms with Gasteiger partial charge in [0.15, 0.2) is 5.58 Å². The van der Waals surface area contributed by atoms with Crippen molar-refractivity contribution < 1.29 is 9.15 Å². The van der Waals surface area contributed by atoms with Crippen LogP contribution in [0.4, 0.5) is 17.2 Å². The molecule has 0 atom stereocenters. The monoisotopic (exact) mass is 529 g/mol. The molecule has 5 heteroatoms. The Bertz CT molecular complexity index is 2100. The maximum Gasteiger partial charge on any atom is 0.153 e. The molecule has 4 aromatic carbocycles. The van der Waals surface area contributed by atoms with Gasteiger partial charge in [-0.25, -0.2) is 4.98 Å². The van der Waals surface area contributed by atoms with Crippen molar-refractivity contribution in [2.75, 3.05) is 4.90 Å². The Kier molecular flexibility index (Phi) is 5.38. The summed E-state index contributed by atoms with van der Waals surface area (Å²) in [5.74, 6) is 2.33. The molecular weight excluding hydrogens is 506 g/mol. The maximum absolute atomic E-state index is 6.49. The summed E-state index contributed by atoms with van der Waals surface area (Å²) in [5, 5.41) is 1.00. The van der Waals surface area contributed by atoms with Crippen molar-refractivity contribution in [2.24, 2.45) is 0 Å². The fourth-order valence-electron chi connectivity index (χ4n) is 5.54. The van der Waals surface area contributed by atoms with Gasteiger partial charge in [0.2, 0.25) is 0 Å². The quantitative estimate of drug-likeness (QED) is 0.227. The lowest BCUT2D eigenvalue weighted by Crippen LogP contribution is -2.13. The molecular formula is C36H23N3O2. The van der Waals surface area contributed by atoms with Crippen LogP contribution in [0.3, 0.4) is 0 Å². The highest BCUT2D eigenvalue weighted by Crippen LogP contribution is 2.43. The van der Waals surface area contributed by atoms with Gasteiger partial charge in [0.25, 0.3) is 0 Å². The minimum absolute atomic E-state index is 0.739. The fraction of sp³-hybridized carbons (Fsp3) is 0. The van der Waals surface area contributed by atoms with Crippen LogP contribution >= 0.6 is 0 Å². The normalized spacial score (nSPS) is 12.2. The number of fused-ring (bicyclic) bond motifs is 5. The van der Waals surface area contributed by atoms with Gasteiger partial charge in [0, 0.05) is 18.5 Å². The van der Waals surface area contributed by atoms with Crippen molar-refractivity contribution in [3.63, 3.8) is 0 Å². The molecule has 0 unspecified atom stereocenters. The predicted molar refractivity (Wildman–Crippen MR) is 165 cm³/mol. The van der Waals surface area contributed by atoms with E-state index in [1.807, 2.05) is 66.9 Å². The number of hydrogen-bond acceptors (Lipinski definition) is 5. The zero-order valence-corrected chi connectivity index (χ0v) is 21.9. The number of nitrogens with zero attached hydrogens (tertiary/aromatic N) is 3. The first-order chi connectivity index (χ1) is 20.3. The maximum atomic E-state index is 6.49. The first-order valence-corrected chi connectivity index (χ1v) is 13.5. The molecule has 194 valence electrons. The molecule has 8 rings (SSSR count). The van der Waals surface area contributed by atoms with Gasteiger partial charge >= 0.3 is 0 Å². The van der Waals surface area contributed by atoms with Crippen molar-refractivity contribution in [3.8, 4) is 22.6 Å². The Morgan fingerprint density at radius 2 is 1.39 bits per heavy atom. The minimum atomic E-state index is 0.739. The third-order valence-electron chi connectivity index (χ3n) is 7.38. The Hall–Kier alpha value is -5.68. The molecule has 5 nitrogen and oxygen atoms in total. The molecule has 0 N–H and O–H groups in total. The van der Waals surface area contributed by atoms with E-state index in [4.69, 9.17) is 9.15 Å². The molecule has 7 aromatic rings. The molecule has 0 spiro atoms. The number of furan rings is 1. The van der Waals surface area contributed by atoms with E-state index in [1.54, 1.807) is 6.20 Å². The van der Waals surface area contributed by atoms with Crippen LogP contribution in [0.15, 0.2) is 132 Å². The van der Waals surface area contributed by atoms with Crippen LogP contribution in [0.1, 0.15) is 11.1 Å². The van der Waals surface area contributed by atoms with Crippen LogP contribution < -0.4 is 9.64 Å². The average molecular weight is 530 g/mol. The van der Waals surface area contributed by atoms with Crippen LogP contribution in [0, 0.1) is 0 Å². The number of rotatable bonds is 4. The van der Waals surface area contributed by atoms with Crippen LogP contribution in [-0.4, -0.2) is 9.97 Å². The predicted octanol–water partition coefficient (Wildman–Crippen LogP) is 9.79. The average Bonchev–Trinajstić information content (AvgIpc) is 3.33. The second kappa shape index (κ2) is 9.50. The van der Waals surface area contributed by atoms with E-state index < -0.39 is 0 Å². The van der Waals surface area contributed by atoms with Gasteiger partial charge in [0.1, 0.15) is 28.4 Å². The van der Waals surface area contributed by atoms with Crippen molar-refractivity contribution in [2.45, 2.75) is 0 Å². The molecule has 1 aliphatic heterocycles. The lowest BCUT2D eigenvalue weighted by atomic mass is 10.0. The number of aromatic nitrogens is 2. The highest BCUT2D eigenvalue weighted by molar-refractivity contribution is 6.10. The van der Waals surface area contributed by atoms with Crippen LogP contribution in [0.5, 0.6) is 11.5 Å². The van der Waals surface area contributed by atoms with E-state index in [9.17, 15) is 0 Å². The second-order valence-corrected chi connectivity index (χ2v) is 9.90. The van der Waals surface area contributed by atoms with Gasteiger partial charge in [-0.05, 0) is 82.9 Å². The summed E-state index contributed by atoms with van der Waals surface area (Å²) in [6.07, 6.45) is 7.91. The van der Waals surface area contributed by atoms with Crippen LogP contribution in [0.25, 0.3) is 45.3 Å². The SMILES string of the molecule is C1=Cc2ccc(Oc3cccc(-c4cccc5oc6cccnc6c45)c3)cc2N(c2ccccn2)c2ccccc21. The van der Waals surface area contributed by atoms with Crippen LogP contribution in [-0.2, 0) is 0 Å². The van der Waals surface area contributed by atoms with Crippen molar-refractivity contribution in [1.29, 1.82) is 0 Å². The summed E-state index contributed by atoms with van der Waals surface area (Å²) in [7, 11) is 0. The van der Waals surface area contributed by atoms with E-state index in [1.165, 1.54) is 0 Å². The van der Waals surface area contributed by atoms with Crippen molar-refractivity contribution in [1.82, 2.24) is 9.97 Å². The summed E-state index contributed by atoms with van der Waals surface area (Å²) >= 11 is 0. The Morgan fingerprint density at radius 3 is 2.32 bits per heavy atom. The smallest absolute Gasteiger partial charge is 0.153 e. The van der Waals surface area contributed by atoms with E-state index >= 15 is 0 Å². The molecule has 41 heavy (non-hydrogen) atoms.